The lowest BCUT2D eigenvalue weighted by Gasteiger charge is -2.13. The van der Waals surface area contributed by atoms with Crippen LogP contribution in [0.4, 0.5) is 11.4 Å². The van der Waals surface area contributed by atoms with Crippen molar-refractivity contribution in [1.29, 1.82) is 0 Å². The summed E-state index contributed by atoms with van der Waals surface area (Å²) in [6.07, 6.45) is 0. The number of benzene rings is 2. The normalized spacial score (nSPS) is 10.3. The van der Waals surface area contributed by atoms with Gasteiger partial charge >= 0.3 is 0 Å². The first-order valence-corrected chi connectivity index (χ1v) is 7.19. The SMILES string of the molecule is CN(C)c1ccc(CNc2cccc(Cl)c2Br)cc1. The summed E-state index contributed by atoms with van der Waals surface area (Å²) in [6.45, 7) is 0.770. The van der Waals surface area contributed by atoms with Gasteiger partial charge in [0.1, 0.15) is 0 Å². The summed E-state index contributed by atoms with van der Waals surface area (Å²) in [4.78, 5) is 2.09. The monoisotopic (exact) mass is 338 g/mol. The zero-order chi connectivity index (χ0) is 13.8. The standard InChI is InChI=1S/C15H16BrClN2/c1-19(2)12-8-6-11(7-9-12)10-18-14-5-3-4-13(17)15(14)16/h3-9,18H,10H2,1-2H3. The molecule has 2 rings (SSSR count). The summed E-state index contributed by atoms with van der Waals surface area (Å²) >= 11 is 9.54. The molecule has 19 heavy (non-hydrogen) atoms. The van der Waals surface area contributed by atoms with E-state index >= 15 is 0 Å². The van der Waals surface area contributed by atoms with E-state index in [9.17, 15) is 0 Å². The van der Waals surface area contributed by atoms with Gasteiger partial charge < -0.3 is 10.2 Å². The Morgan fingerprint density at radius 2 is 1.79 bits per heavy atom. The average Bonchev–Trinajstić information content (AvgIpc) is 2.41. The maximum Gasteiger partial charge on any atom is 0.0593 e. The largest absolute Gasteiger partial charge is 0.380 e. The molecule has 0 saturated carbocycles. The van der Waals surface area contributed by atoms with Crippen LogP contribution in [0.3, 0.4) is 0 Å². The van der Waals surface area contributed by atoms with Gasteiger partial charge in [0.05, 0.1) is 15.2 Å². The fraction of sp³-hybridized carbons (Fsp3) is 0.200. The predicted octanol–water partition coefficient (Wildman–Crippen LogP) is 4.78. The lowest BCUT2D eigenvalue weighted by molar-refractivity contribution is 1.11. The van der Waals surface area contributed by atoms with Crippen molar-refractivity contribution < 1.29 is 0 Å². The highest BCUT2D eigenvalue weighted by molar-refractivity contribution is 9.10. The second-order valence-corrected chi connectivity index (χ2v) is 5.72. The second-order valence-electron chi connectivity index (χ2n) is 4.52. The van der Waals surface area contributed by atoms with Crippen LogP contribution in [0.5, 0.6) is 0 Å². The van der Waals surface area contributed by atoms with E-state index in [1.807, 2.05) is 32.3 Å². The molecule has 0 fully saturated rings. The fourth-order valence-electron chi connectivity index (χ4n) is 1.75. The molecule has 0 saturated heterocycles. The van der Waals surface area contributed by atoms with E-state index in [0.717, 1.165) is 16.7 Å². The smallest absolute Gasteiger partial charge is 0.0593 e. The van der Waals surface area contributed by atoms with E-state index in [2.05, 4.69) is 50.4 Å². The Morgan fingerprint density at radius 1 is 1.11 bits per heavy atom. The number of rotatable bonds is 4. The quantitative estimate of drug-likeness (QED) is 0.862. The third-order valence-corrected chi connectivity index (χ3v) is 4.28. The van der Waals surface area contributed by atoms with Crippen LogP contribution in [0.25, 0.3) is 0 Å². The Bertz CT molecular complexity index is 553. The molecule has 1 N–H and O–H groups in total. The molecule has 0 radical (unpaired) electrons. The van der Waals surface area contributed by atoms with Crippen LogP contribution >= 0.6 is 27.5 Å². The molecule has 0 aromatic heterocycles. The molecule has 0 aliphatic carbocycles. The van der Waals surface area contributed by atoms with Gasteiger partial charge in [-0.25, -0.2) is 0 Å². The Hall–Kier alpha value is -1.19. The third-order valence-electron chi connectivity index (χ3n) is 2.89. The van der Waals surface area contributed by atoms with Gasteiger partial charge in [0.15, 0.2) is 0 Å². The van der Waals surface area contributed by atoms with Crippen molar-refractivity contribution >= 4 is 38.9 Å². The molecule has 0 heterocycles. The number of hydrogen-bond acceptors (Lipinski definition) is 2. The topological polar surface area (TPSA) is 15.3 Å². The summed E-state index contributed by atoms with van der Waals surface area (Å²) < 4.78 is 0.904. The molecule has 0 atom stereocenters. The van der Waals surface area contributed by atoms with Gasteiger partial charge in [-0.15, -0.1) is 0 Å². The highest BCUT2D eigenvalue weighted by atomic mass is 79.9. The number of hydrogen-bond donors (Lipinski definition) is 1. The molecular formula is C15H16BrClN2. The minimum Gasteiger partial charge on any atom is -0.380 e. The number of halogens is 2. The minimum absolute atomic E-state index is 0.716. The highest BCUT2D eigenvalue weighted by Gasteiger charge is 2.03. The van der Waals surface area contributed by atoms with Crippen molar-refractivity contribution in [3.63, 3.8) is 0 Å². The van der Waals surface area contributed by atoms with Crippen LogP contribution < -0.4 is 10.2 Å². The second kappa shape index (κ2) is 6.31. The minimum atomic E-state index is 0.716. The first-order valence-electron chi connectivity index (χ1n) is 6.02. The number of nitrogens with one attached hydrogen (secondary N) is 1. The van der Waals surface area contributed by atoms with Crippen molar-refractivity contribution in [3.8, 4) is 0 Å². The van der Waals surface area contributed by atoms with Crippen LogP contribution in [0.1, 0.15) is 5.56 Å². The van der Waals surface area contributed by atoms with Crippen LogP contribution in [0.2, 0.25) is 5.02 Å². The zero-order valence-electron chi connectivity index (χ0n) is 11.0. The van der Waals surface area contributed by atoms with E-state index in [4.69, 9.17) is 11.6 Å². The molecule has 4 heteroatoms. The van der Waals surface area contributed by atoms with Crippen LogP contribution in [0.15, 0.2) is 46.9 Å². The molecule has 2 aromatic rings. The molecule has 0 bridgehead atoms. The van der Waals surface area contributed by atoms with Crippen molar-refractivity contribution in [2.45, 2.75) is 6.54 Å². The van der Waals surface area contributed by atoms with Crippen LogP contribution in [-0.2, 0) is 6.54 Å². The Kier molecular flexibility index (Phi) is 4.72. The van der Waals surface area contributed by atoms with Crippen molar-refractivity contribution in [2.24, 2.45) is 0 Å². The van der Waals surface area contributed by atoms with E-state index < -0.39 is 0 Å². The molecule has 0 aliphatic rings. The Morgan fingerprint density at radius 3 is 2.42 bits per heavy atom. The highest BCUT2D eigenvalue weighted by Crippen LogP contribution is 2.30. The van der Waals surface area contributed by atoms with Gasteiger partial charge in [-0.1, -0.05) is 29.8 Å². The van der Waals surface area contributed by atoms with Gasteiger partial charge in [0, 0.05) is 26.3 Å². The third kappa shape index (κ3) is 3.64. The van der Waals surface area contributed by atoms with Crippen molar-refractivity contribution in [2.75, 3.05) is 24.3 Å². The van der Waals surface area contributed by atoms with E-state index in [1.165, 1.54) is 11.3 Å². The van der Waals surface area contributed by atoms with Gasteiger partial charge in [-0.05, 0) is 45.8 Å². The molecule has 0 spiro atoms. The zero-order valence-corrected chi connectivity index (χ0v) is 13.3. The van der Waals surface area contributed by atoms with Crippen molar-refractivity contribution in [3.05, 3.63) is 57.5 Å². The fourth-order valence-corrected chi connectivity index (χ4v) is 2.33. The summed E-state index contributed by atoms with van der Waals surface area (Å²) in [5.41, 5.74) is 3.44. The average molecular weight is 340 g/mol. The van der Waals surface area contributed by atoms with Crippen LogP contribution in [-0.4, -0.2) is 14.1 Å². The van der Waals surface area contributed by atoms with Crippen LogP contribution in [0, 0.1) is 0 Å². The van der Waals surface area contributed by atoms with Crippen molar-refractivity contribution in [1.82, 2.24) is 0 Å². The van der Waals surface area contributed by atoms with Gasteiger partial charge in [-0.3, -0.25) is 0 Å². The summed E-state index contributed by atoms with van der Waals surface area (Å²) in [5, 5.41) is 4.09. The molecule has 0 amide bonds. The van der Waals surface area contributed by atoms with E-state index in [1.54, 1.807) is 0 Å². The number of nitrogens with zero attached hydrogens (tertiary/aromatic N) is 1. The Balaban J connectivity index is 2.04. The molecule has 2 aromatic carbocycles. The lowest BCUT2D eigenvalue weighted by Crippen LogP contribution is -2.08. The van der Waals surface area contributed by atoms with Gasteiger partial charge in [0.25, 0.3) is 0 Å². The predicted molar refractivity (Wildman–Crippen MR) is 87.2 cm³/mol. The van der Waals surface area contributed by atoms with Gasteiger partial charge in [0.2, 0.25) is 0 Å². The molecule has 0 aliphatic heterocycles. The maximum atomic E-state index is 6.06. The summed E-state index contributed by atoms with van der Waals surface area (Å²) in [5.74, 6) is 0. The molecule has 2 nitrogen and oxygen atoms in total. The van der Waals surface area contributed by atoms with Gasteiger partial charge in [-0.2, -0.15) is 0 Å². The van der Waals surface area contributed by atoms with E-state index in [0.29, 0.717) is 5.02 Å². The molecular weight excluding hydrogens is 324 g/mol. The molecule has 100 valence electrons. The summed E-state index contributed by atoms with van der Waals surface area (Å²) in [6, 6.07) is 14.3. The first-order chi connectivity index (χ1) is 9.08. The first kappa shape index (κ1) is 14.2. The summed E-state index contributed by atoms with van der Waals surface area (Å²) in [7, 11) is 4.08. The molecule has 0 unspecified atom stereocenters. The maximum absolute atomic E-state index is 6.06. The Labute approximate surface area is 127 Å². The lowest BCUT2D eigenvalue weighted by atomic mass is 10.2. The van der Waals surface area contributed by atoms with E-state index in [-0.39, 0.29) is 0 Å². The number of anilines is 2.